The molecule has 0 aliphatic heterocycles. The third-order valence-electron chi connectivity index (χ3n) is 2.11. The largest absolute Gasteiger partial charge is 0.365 e. The van der Waals surface area contributed by atoms with E-state index in [2.05, 4.69) is 35.3 Å². The van der Waals surface area contributed by atoms with Gasteiger partial charge in [-0.15, -0.1) is 0 Å². The van der Waals surface area contributed by atoms with Gasteiger partial charge in [0.15, 0.2) is 0 Å². The van der Waals surface area contributed by atoms with Gasteiger partial charge in [0.05, 0.1) is 0 Å². The Bertz CT molecular complexity index is 384. The van der Waals surface area contributed by atoms with Crippen LogP contribution in [0.4, 0.5) is 0 Å². The summed E-state index contributed by atoms with van der Waals surface area (Å²) in [6, 6.07) is 14.4. The minimum absolute atomic E-state index is 0.960. The topological polar surface area (TPSA) is 15.8 Å². The van der Waals surface area contributed by atoms with Crippen molar-refractivity contribution in [3.8, 4) is 0 Å². The Kier molecular flexibility index (Phi) is 2.82. The lowest BCUT2D eigenvalue weighted by Crippen LogP contribution is -1.78. The van der Waals surface area contributed by atoms with Gasteiger partial charge in [-0.3, -0.25) is 0 Å². The van der Waals surface area contributed by atoms with Crippen LogP contribution >= 0.6 is 0 Å². The van der Waals surface area contributed by atoms with Crippen LogP contribution in [-0.4, -0.2) is 4.98 Å². The molecule has 0 aliphatic carbocycles. The van der Waals surface area contributed by atoms with E-state index in [-0.39, 0.29) is 0 Å². The Morgan fingerprint density at radius 3 is 2.57 bits per heavy atom. The third kappa shape index (κ3) is 2.36. The molecule has 14 heavy (non-hydrogen) atoms. The zero-order chi connectivity index (χ0) is 9.64. The van der Waals surface area contributed by atoms with Crippen LogP contribution in [0, 0.1) is 0 Å². The zero-order valence-corrected chi connectivity index (χ0v) is 7.98. The molecular formula is C13H13N. The summed E-state index contributed by atoms with van der Waals surface area (Å²) >= 11 is 0. The van der Waals surface area contributed by atoms with Crippen molar-refractivity contribution < 1.29 is 0 Å². The fraction of sp³-hybridized carbons (Fsp3) is 0.0769. The molecule has 0 unspecified atom stereocenters. The summed E-state index contributed by atoms with van der Waals surface area (Å²) in [6.45, 7) is 0. The first-order chi connectivity index (χ1) is 6.95. The van der Waals surface area contributed by atoms with Gasteiger partial charge in [0.25, 0.3) is 0 Å². The highest BCUT2D eigenvalue weighted by atomic mass is 14.7. The van der Waals surface area contributed by atoms with E-state index in [9.17, 15) is 0 Å². The summed E-state index contributed by atoms with van der Waals surface area (Å²) in [5.74, 6) is 0. The average Bonchev–Trinajstić information content (AvgIpc) is 2.72. The van der Waals surface area contributed by atoms with Gasteiger partial charge in [-0.05, 0) is 17.7 Å². The Balaban J connectivity index is 1.96. The first kappa shape index (κ1) is 8.82. The normalized spacial score (nSPS) is 10.9. The standard InChI is InChI=1S/C13H13N/c1-2-6-12(7-3-1)8-4-9-13-10-5-11-14-13/h1-8,10-11,14H,9H2/b8-4+. The molecular weight excluding hydrogens is 170 g/mol. The van der Waals surface area contributed by atoms with Crippen LogP contribution < -0.4 is 0 Å². The second kappa shape index (κ2) is 4.47. The van der Waals surface area contributed by atoms with Crippen LogP contribution in [0.2, 0.25) is 0 Å². The molecule has 2 rings (SSSR count). The van der Waals surface area contributed by atoms with E-state index in [4.69, 9.17) is 0 Å². The van der Waals surface area contributed by atoms with Crippen molar-refractivity contribution in [2.24, 2.45) is 0 Å². The number of H-pyrrole nitrogens is 1. The van der Waals surface area contributed by atoms with Crippen molar-refractivity contribution >= 4 is 6.08 Å². The Morgan fingerprint density at radius 2 is 1.86 bits per heavy atom. The number of allylic oxidation sites excluding steroid dienone is 1. The summed E-state index contributed by atoms with van der Waals surface area (Å²) < 4.78 is 0. The highest BCUT2D eigenvalue weighted by Crippen LogP contribution is 2.03. The lowest BCUT2D eigenvalue weighted by atomic mass is 10.2. The molecule has 1 heterocycles. The van der Waals surface area contributed by atoms with Gasteiger partial charge in [-0.25, -0.2) is 0 Å². The molecule has 1 N–H and O–H groups in total. The molecule has 0 radical (unpaired) electrons. The van der Waals surface area contributed by atoms with E-state index < -0.39 is 0 Å². The van der Waals surface area contributed by atoms with Crippen LogP contribution in [0.5, 0.6) is 0 Å². The van der Waals surface area contributed by atoms with Crippen molar-refractivity contribution in [1.29, 1.82) is 0 Å². The summed E-state index contributed by atoms with van der Waals surface area (Å²) in [7, 11) is 0. The minimum Gasteiger partial charge on any atom is -0.365 e. The quantitative estimate of drug-likeness (QED) is 0.751. The van der Waals surface area contributed by atoms with E-state index in [0.717, 1.165) is 6.42 Å². The van der Waals surface area contributed by atoms with Crippen LogP contribution in [0.25, 0.3) is 6.08 Å². The molecule has 0 fully saturated rings. The van der Waals surface area contributed by atoms with Crippen LogP contribution in [0.15, 0.2) is 54.7 Å². The van der Waals surface area contributed by atoms with Crippen LogP contribution in [0.3, 0.4) is 0 Å². The molecule has 0 bridgehead atoms. The van der Waals surface area contributed by atoms with Crippen LogP contribution in [-0.2, 0) is 6.42 Å². The minimum atomic E-state index is 0.960. The van der Waals surface area contributed by atoms with E-state index in [0.29, 0.717) is 0 Å². The number of benzene rings is 1. The van der Waals surface area contributed by atoms with Crippen molar-refractivity contribution in [2.45, 2.75) is 6.42 Å². The average molecular weight is 183 g/mol. The van der Waals surface area contributed by atoms with Gasteiger partial charge in [0, 0.05) is 18.3 Å². The second-order valence-electron chi connectivity index (χ2n) is 3.21. The molecule has 1 aromatic carbocycles. The smallest absolute Gasteiger partial charge is 0.0185 e. The molecule has 1 aromatic heterocycles. The summed E-state index contributed by atoms with van der Waals surface area (Å²) in [5, 5.41) is 0. The number of aromatic amines is 1. The highest BCUT2D eigenvalue weighted by molar-refractivity contribution is 5.49. The summed E-state index contributed by atoms with van der Waals surface area (Å²) in [4.78, 5) is 3.17. The maximum atomic E-state index is 3.17. The van der Waals surface area contributed by atoms with Crippen molar-refractivity contribution in [3.05, 3.63) is 66.0 Å². The maximum Gasteiger partial charge on any atom is 0.0185 e. The number of hydrogen-bond acceptors (Lipinski definition) is 0. The van der Waals surface area contributed by atoms with E-state index in [1.165, 1.54) is 11.3 Å². The zero-order valence-electron chi connectivity index (χ0n) is 7.98. The summed E-state index contributed by atoms with van der Waals surface area (Å²) in [6.07, 6.45) is 7.22. The molecule has 0 atom stereocenters. The van der Waals surface area contributed by atoms with Crippen molar-refractivity contribution in [2.75, 3.05) is 0 Å². The highest BCUT2D eigenvalue weighted by Gasteiger charge is 1.87. The van der Waals surface area contributed by atoms with Gasteiger partial charge >= 0.3 is 0 Å². The molecule has 2 aromatic rings. The number of aromatic nitrogens is 1. The molecule has 0 saturated carbocycles. The maximum absolute atomic E-state index is 3.17. The molecule has 0 spiro atoms. The van der Waals surface area contributed by atoms with Gasteiger partial charge in [-0.1, -0.05) is 42.5 Å². The predicted octanol–water partition coefficient (Wildman–Crippen LogP) is 3.27. The van der Waals surface area contributed by atoms with Crippen molar-refractivity contribution in [1.82, 2.24) is 4.98 Å². The fourth-order valence-electron chi connectivity index (χ4n) is 1.38. The molecule has 70 valence electrons. The molecule has 0 saturated heterocycles. The molecule has 0 aliphatic rings. The van der Waals surface area contributed by atoms with Gasteiger partial charge in [0.1, 0.15) is 0 Å². The third-order valence-corrected chi connectivity index (χ3v) is 2.11. The first-order valence-corrected chi connectivity index (χ1v) is 4.79. The summed E-state index contributed by atoms with van der Waals surface area (Å²) in [5.41, 5.74) is 2.50. The Hall–Kier alpha value is -1.76. The van der Waals surface area contributed by atoms with Gasteiger partial charge in [0.2, 0.25) is 0 Å². The lowest BCUT2D eigenvalue weighted by Gasteiger charge is -1.91. The number of rotatable bonds is 3. The lowest BCUT2D eigenvalue weighted by molar-refractivity contribution is 1.16. The van der Waals surface area contributed by atoms with E-state index in [1.54, 1.807) is 0 Å². The molecule has 0 amide bonds. The molecule has 1 nitrogen and oxygen atoms in total. The van der Waals surface area contributed by atoms with Crippen molar-refractivity contribution in [3.63, 3.8) is 0 Å². The Labute approximate surface area is 84.1 Å². The van der Waals surface area contributed by atoms with Gasteiger partial charge in [-0.2, -0.15) is 0 Å². The second-order valence-corrected chi connectivity index (χ2v) is 3.21. The predicted molar refractivity (Wildman–Crippen MR) is 60.0 cm³/mol. The molecule has 1 heteroatoms. The monoisotopic (exact) mass is 183 g/mol. The first-order valence-electron chi connectivity index (χ1n) is 4.79. The van der Waals surface area contributed by atoms with E-state index in [1.807, 2.05) is 30.5 Å². The van der Waals surface area contributed by atoms with E-state index >= 15 is 0 Å². The number of hydrogen-bond donors (Lipinski definition) is 1. The van der Waals surface area contributed by atoms with Gasteiger partial charge < -0.3 is 4.98 Å². The fourth-order valence-corrected chi connectivity index (χ4v) is 1.38. The van der Waals surface area contributed by atoms with Crippen LogP contribution in [0.1, 0.15) is 11.3 Å². The SMILES string of the molecule is C(=C\c1ccccc1)/Cc1ccc[nH]1. The number of nitrogens with one attached hydrogen (secondary N) is 1. The Morgan fingerprint density at radius 1 is 1.00 bits per heavy atom.